The number of phenols is 1. The number of furan rings is 1. The highest BCUT2D eigenvalue weighted by molar-refractivity contribution is 7.87. The third-order valence-electron chi connectivity index (χ3n) is 5.84. The lowest BCUT2D eigenvalue weighted by Crippen LogP contribution is -2.21. The van der Waals surface area contributed by atoms with Gasteiger partial charge in [0.15, 0.2) is 22.0 Å². The van der Waals surface area contributed by atoms with E-state index in [4.69, 9.17) is 24.9 Å². The summed E-state index contributed by atoms with van der Waals surface area (Å²) in [5.41, 5.74) is 0.715. The predicted octanol–water partition coefficient (Wildman–Crippen LogP) is 6.04. The number of anilines is 1. The van der Waals surface area contributed by atoms with E-state index in [0.717, 1.165) is 19.3 Å². The molecule has 4 rings (SSSR count). The van der Waals surface area contributed by atoms with Gasteiger partial charge >= 0.3 is 10.1 Å². The molecule has 0 atom stereocenters. The topological polar surface area (TPSA) is 115 Å². The maximum atomic E-state index is 13.3. The van der Waals surface area contributed by atoms with Gasteiger partial charge in [0.2, 0.25) is 0 Å². The fourth-order valence-corrected chi connectivity index (χ4v) is 5.75. The van der Waals surface area contributed by atoms with Gasteiger partial charge in [-0.05, 0) is 50.1 Å². The maximum absolute atomic E-state index is 13.3. The number of nitrogens with one attached hydrogen (secondary N) is 1. The van der Waals surface area contributed by atoms with E-state index in [9.17, 15) is 18.3 Å². The highest BCUT2D eigenvalue weighted by atomic mass is 35.5. The fraction of sp³-hybridized carbons (Fsp3) is 0.320. The van der Waals surface area contributed by atoms with Crippen molar-refractivity contribution in [1.29, 1.82) is 0 Å². The molecule has 0 bridgehead atoms. The van der Waals surface area contributed by atoms with E-state index in [1.54, 1.807) is 31.2 Å². The molecule has 1 fully saturated rings. The first-order valence-corrected chi connectivity index (χ1v) is 13.0. The van der Waals surface area contributed by atoms with Gasteiger partial charge in [-0.3, -0.25) is 8.98 Å². The second kappa shape index (κ2) is 10.3. The van der Waals surface area contributed by atoms with Gasteiger partial charge in [-0.15, -0.1) is 0 Å². The second-order valence-electron chi connectivity index (χ2n) is 8.38. The largest absolute Gasteiger partial charge is 0.505 e. The molecule has 1 aliphatic rings. The number of hydrogen-bond donors (Lipinski definition) is 2. The number of carbonyl (C=O) groups excluding carboxylic acids is 1. The molecule has 1 saturated carbocycles. The van der Waals surface area contributed by atoms with Gasteiger partial charge in [0.05, 0.1) is 24.9 Å². The molecule has 2 aromatic carbocycles. The van der Waals surface area contributed by atoms with Crippen LogP contribution in [0, 0.1) is 0 Å². The van der Waals surface area contributed by atoms with Crippen molar-refractivity contribution >= 4 is 44.2 Å². The van der Waals surface area contributed by atoms with Crippen LogP contribution in [0.4, 0.5) is 5.69 Å². The van der Waals surface area contributed by atoms with E-state index in [-0.39, 0.29) is 22.3 Å². The van der Waals surface area contributed by atoms with Crippen LogP contribution in [-0.2, 0) is 14.3 Å². The van der Waals surface area contributed by atoms with Crippen LogP contribution in [0.2, 0.25) is 5.02 Å². The number of carbonyl (C=O) groups is 1. The van der Waals surface area contributed by atoms with E-state index < -0.39 is 32.7 Å². The number of rotatable bonds is 8. The Balaban J connectivity index is 1.76. The number of ether oxygens (including phenoxy) is 1. The molecule has 1 aliphatic carbocycles. The summed E-state index contributed by atoms with van der Waals surface area (Å²) in [6.45, 7) is 1.66. The summed E-state index contributed by atoms with van der Waals surface area (Å²) in [7, 11) is -3.12. The minimum absolute atomic E-state index is 0.00316. The summed E-state index contributed by atoms with van der Waals surface area (Å²) in [5.74, 6) is -1.43. The van der Waals surface area contributed by atoms with Crippen LogP contribution in [0.25, 0.3) is 11.0 Å². The Bertz CT molecular complexity index is 1370. The standard InChI is InChI=1S/C25H26ClNO7S/c1-15(27-17-10-8-16(26)9-11-17)14-20(28)21-22(29)25(24-19(12-13-33-24)23(21)32-2)35(30,31)34-18-6-4-3-5-7-18/h8-14,18,27,29H,3-7H2,1-2H3/b15-14-. The van der Waals surface area contributed by atoms with Crippen molar-refractivity contribution in [2.24, 2.45) is 0 Å². The Morgan fingerprint density at radius 2 is 1.86 bits per heavy atom. The molecule has 0 amide bonds. The zero-order chi connectivity index (χ0) is 25.2. The number of benzene rings is 2. The fourth-order valence-electron chi connectivity index (χ4n) is 4.25. The normalized spacial score (nSPS) is 15.3. The van der Waals surface area contributed by atoms with Gasteiger partial charge in [-0.1, -0.05) is 30.9 Å². The van der Waals surface area contributed by atoms with Crippen LogP contribution in [0.3, 0.4) is 0 Å². The van der Waals surface area contributed by atoms with Crippen molar-refractivity contribution in [3.63, 3.8) is 0 Å². The average molecular weight is 520 g/mol. The van der Waals surface area contributed by atoms with Crippen LogP contribution in [0.15, 0.2) is 57.7 Å². The zero-order valence-electron chi connectivity index (χ0n) is 19.3. The molecule has 10 heteroatoms. The van der Waals surface area contributed by atoms with Crippen molar-refractivity contribution in [2.75, 3.05) is 12.4 Å². The number of halogens is 1. The van der Waals surface area contributed by atoms with E-state index in [2.05, 4.69) is 5.32 Å². The Labute approximate surface area is 208 Å². The van der Waals surface area contributed by atoms with Gasteiger partial charge in [0, 0.05) is 22.5 Å². The monoisotopic (exact) mass is 519 g/mol. The third-order valence-corrected chi connectivity index (χ3v) is 7.50. The molecular formula is C25H26ClNO7S. The summed E-state index contributed by atoms with van der Waals surface area (Å²) < 4.78 is 42.8. The number of allylic oxidation sites excluding steroid dienone is 2. The summed E-state index contributed by atoms with van der Waals surface area (Å²) in [6, 6.07) is 8.36. The van der Waals surface area contributed by atoms with Gasteiger partial charge in [0.25, 0.3) is 0 Å². The van der Waals surface area contributed by atoms with Crippen LogP contribution in [0.1, 0.15) is 49.4 Å². The van der Waals surface area contributed by atoms with E-state index in [1.165, 1.54) is 25.5 Å². The Hall–Kier alpha value is -3.01. The summed E-state index contributed by atoms with van der Waals surface area (Å²) in [5, 5.41) is 15.0. The van der Waals surface area contributed by atoms with Crippen molar-refractivity contribution in [3.8, 4) is 11.5 Å². The lowest BCUT2D eigenvalue weighted by molar-refractivity contribution is 0.104. The second-order valence-corrected chi connectivity index (χ2v) is 10.3. The summed E-state index contributed by atoms with van der Waals surface area (Å²) >= 11 is 5.91. The van der Waals surface area contributed by atoms with Gasteiger partial charge < -0.3 is 19.6 Å². The maximum Gasteiger partial charge on any atom is 0.304 e. The molecule has 0 saturated heterocycles. The molecule has 0 spiro atoms. The number of fused-ring (bicyclic) bond motifs is 1. The molecule has 0 radical (unpaired) electrons. The van der Waals surface area contributed by atoms with Gasteiger partial charge in [-0.25, -0.2) is 0 Å². The van der Waals surface area contributed by atoms with E-state index in [1.807, 2.05) is 0 Å². The first-order chi connectivity index (χ1) is 16.7. The van der Waals surface area contributed by atoms with Crippen LogP contribution >= 0.6 is 11.6 Å². The van der Waals surface area contributed by atoms with E-state index >= 15 is 0 Å². The highest BCUT2D eigenvalue weighted by Gasteiger charge is 2.35. The Morgan fingerprint density at radius 1 is 1.17 bits per heavy atom. The van der Waals surface area contributed by atoms with Gasteiger partial charge in [0.1, 0.15) is 11.3 Å². The first-order valence-electron chi connectivity index (χ1n) is 11.2. The van der Waals surface area contributed by atoms with Crippen molar-refractivity contribution < 1.29 is 31.7 Å². The SMILES string of the molecule is COc1c(C(=O)/C=C(/C)Nc2ccc(Cl)cc2)c(O)c(S(=O)(=O)OC2CCCCC2)c2occc12. The first kappa shape index (κ1) is 25.1. The Kier molecular flexibility index (Phi) is 7.39. The molecule has 186 valence electrons. The zero-order valence-corrected chi connectivity index (χ0v) is 20.9. The van der Waals surface area contributed by atoms with Crippen molar-refractivity contribution in [2.45, 2.75) is 50.0 Å². The molecule has 35 heavy (non-hydrogen) atoms. The molecular weight excluding hydrogens is 494 g/mol. The molecule has 2 N–H and O–H groups in total. The number of phenolic OH excluding ortho intramolecular Hbond substituents is 1. The third kappa shape index (κ3) is 5.32. The number of methoxy groups -OCH3 is 1. The molecule has 0 aliphatic heterocycles. The number of ketones is 1. The Morgan fingerprint density at radius 3 is 2.51 bits per heavy atom. The number of aromatic hydroxyl groups is 1. The quantitative estimate of drug-likeness (QED) is 0.210. The molecule has 0 unspecified atom stereocenters. The number of hydrogen-bond acceptors (Lipinski definition) is 8. The molecule has 1 aromatic heterocycles. The van der Waals surface area contributed by atoms with Crippen LogP contribution < -0.4 is 10.1 Å². The van der Waals surface area contributed by atoms with Crippen molar-refractivity contribution in [1.82, 2.24) is 0 Å². The molecule has 8 nitrogen and oxygen atoms in total. The lowest BCUT2D eigenvalue weighted by Gasteiger charge is -2.22. The predicted molar refractivity (Wildman–Crippen MR) is 133 cm³/mol. The summed E-state index contributed by atoms with van der Waals surface area (Å²) in [6.07, 6.45) is 5.96. The van der Waals surface area contributed by atoms with Crippen LogP contribution in [0.5, 0.6) is 11.5 Å². The average Bonchev–Trinajstić information content (AvgIpc) is 3.28. The lowest BCUT2D eigenvalue weighted by atomic mass is 9.98. The van der Waals surface area contributed by atoms with Gasteiger partial charge in [-0.2, -0.15) is 8.42 Å². The minimum atomic E-state index is -4.45. The van der Waals surface area contributed by atoms with Crippen molar-refractivity contribution in [3.05, 3.63) is 59.0 Å². The molecule has 3 aromatic rings. The van der Waals surface area contributed by atoms with Crippen LogP contribution in [-0.4, -0.2) is 32.5 Å². The summed E-state index contributed by atoms with van der Waals surface area (Å²) in [4.78, 5) is 12.7. The highest BCUT2D eigenvalue weighted by Crippen LogP contribution is 2.44. The minimum Gasteiger partial charge on any atom is -0.505 e. The van der Waals surface area contributed by atoms with E-state index in [0.29, 0.717) is 29.2 Å². The smallest absolute Gasteiger partial charge is 0.304 e. The molecule has 1 heterocycles.